The van der Waals surface area contributed by atoms with Gasteiger partial charge in [0.2, 0.25) is 0 Å². The van der Waals surface area contributed by atoms with E-state index in [1.165, 1.54) is 6.92 Å². The highest BCUT2D eigenvalue weighted by atomic mass is 16.5. The maximum atomic E-state index is 10.5. The van der Waals surface area contributed by atoms with E-state index in [2.05, 4.69) is 5.16 Å². The third-order valence-electron chi connectivity index (χ3n) is 1.87. The minimum Gasteiger partial charge on any atom is -0.465 e. The van der Waals surface area contributed by atoms with Gasteiger partial charge in [-0.25, -0.2) is 0 Å². The summed E-state index contributed by atoms with van der Waals surface area (Å²) in [6.07, 6.45) is 0.403. The van der Waals surface area contributed by atoms with Gasteiger partial charge in [0.1, 0.15) is 0 Å². The Morgan fingerprint density at radius 1 is 1.40 bits per heavy atom. The number of esters is 1. The van der Waals surface area contributed by atoms with Gasteiger partial charge in [-0.15, -0.1) is 0 Å². The minimum atomic E-state index is -0.333. The van der Waals surface area contributed by atoms with Crippen molar-refractivity contribution in [1.29, 1.82) is 0 Å². The zero-order valence-corrected chi connectivity index (χ0v) is 8.51. The van der Waals surface area contributed by atoms with Gasteiger partial charge in [0.25, 0.3) is 0 Å². The number of hydrogen-bond acceptors (Lipinski definition) is 4. The van der Waals surface area contributed by atoms with Crippen LogP contribution in [0.1, 0.15) is 18.9 Å². The van der Waals surface area contributed by atoms with Gasteiger partial charge in [0, 0.05) is 13.3 Å². The van der Waals surface area contributed by atoms with Gasteiger partial charge in [-0.1, -0.05) is 35.5 Å². The first-order chi connectivity index (χ1) is 7.24. The van der Waals surface area contributed by atoms with Crippen molar-refractivity contribution in [3.63, 3.8) is 0 Å². The van der Waals surface area contributed by atoms with Crippen molar-refractivity contribution in [2.75, 3.05) is 6.61 Å². The van der Waals surface area contributed by atoms with Crippen LogP contribution in [0.2, 0.25) is 0 Å². The highest BCUT2D eigenvalue weighted by Gasteiger charge is 2.04. The van der Waals surface area contributed by atoms with E-state index < -0.39 is 0 Å². The van der Waals surface area contributed by atoms with Gasteiger partial charge < -0.3 is 9.94 Å². The Kier molecular flexibility index (Phi) is 4.34. The fourth-order valence-electron chi connectivity index (χ4n) is 1.17. The molecule has 0 unspecified atom stereocenters. The van der Waals surface area contributed by atoms with E-state index in [-0.39, 0.29) is 12.6 Å². The van der Waals surface area contributed by atoms with Crippen molar-refractivity contribution in [2.24, 2.45) is 5.16 Å². The van der Waals surface area contributed by atoms with Crippen LogP contribution in [0.15, 0.2) is 35.5 Å². The van der Waals surface area contributed by atoms with Crippen LogP contribution in [0, 0.1) is 0 Å². The molecule has 1 aromatic carbocycles. The third-order valence-corrected chi connectivity index (χ3v) is 1.87. The molecule has 1 aromatic rings. The first-order valence-electron chi connectivity index (χ1n) is 4.63. The molecule has 1 rings (SSSR count). The molecule has 0 heterocycles. The maximum Gasteiger partial charge on any atom is 0.302 e. The number of carbonyl (C=O) groups excluding carboxylic acids is 1. The highest BCUT2D eigenvalue weighted by molar-refractivity contribution is 6.00. The van der Waals surface area contributed by atoms with Crippen LogP contribution in [-0.2, 0) is 9.53 Å². The Morgan fingerprint density at radius 2 is 2.07 bits per heavy atom. The largest absolute Gasteiger partial charge is 0.465 e. The monoisotopic (exact) mass is 207 g/mol. The SMILES string of the molecule is CC(=O)OCCC(=NO)c1ccccc1. The second-order valence-corrected chi connectivity index (χ2v) is 3.00. The molecule has 4 heteroatoms. The van der Waals surface area contributed by atoms with Crippen LogP contribution in [0.5, 0.6) is 0 Å². The summed E-state index contributed by atoms with van der Waals surface area (Å²) in [5, 5.41) is 12.0. The first-order valence-corrected chi connectivity index (χ1v) is 4.63. The average molecular weight is 207 g/mol. The lowest BCUT2D eigenvalue weighted by Gasteiger charge is -2.04. The summed E-state index contributed by atoms with van der Waals surface area (Å²) >= 11 is 0. The quantitative estimate of drug-likeness (QED) is 0.354. The highest BCUT2D eigenvalue weighted by Crippen LogP contribution is 2.04. The van der Waals surface area contributed by atoms with E-state index in [0.717, 1.165) is 5.56 Å². The molecule has 0 aliphatic rings. The number of nitrogens with zero attached hydrogens (tertiary/aromatic N) is 1. The van der Waals surface area contributed by atoms with E-state index in [4.69, 9.17) is 9.94 Å². The summed E-state index contributed by atoms with van der Waals surface area (Å²) in [4.78, 5) is 10.5. The number of hydrogen-bond donors (Lipinski definition) is 1. The van der Waals surface area contributed by atoms with Crippen molar-refractivity contribution in [3.8, 4) is 0 Å². The smallest absolute Gasteiger partial charge is 0.302 e. The Hall–Kier alpha value is -1.84. The van der Waals surface area contributed by atoms with Gasteiger partial charge in [-0.2, -0.15) is 0 Å². The lowest BCUT2D eigenvalue weighted by molar-refractivity contribution is -0.140. The second-order valence-electron chi connectivity index (χ2n) is 3.00. The molecule has 4 nitrogen and oxygen atoms in total. The number of ether oxygens (including phenoxy) is 1. The van der Waals surface area contributed by atoms with Crippen molar-refractivity contribution < 1.29 is 14.7 Å². The number of oxime groups is 1. The number of benzene rings is 1. The molecule has 1 N–H and O–H groups in total. The van der Waals surface area contributed by atoms with Crippen LogP contribution in [0.25, 0.3) is 0 Å². The molecule has 0 atom stereocenters. The van der Waals surface area contributed by atoms with Gasteiger partial charge in [-0.3, -0.25) is 4.79 Å². The lowest BCUT2D eigenvalue weighted by atomic mass is 10.1. The molecule has 0 amide bonds. The molecule has 0 saturated heterocycles. The standard InChI is InChI=1S/C11H13NO3/c1-9(13)15-8-7-11(12-14)10-5-3-2-4-6-10/h2-6,14H,7-8H2,1H3. The molecule has 0 aliphatic carbocycles. The molecule has 0 bridgehead atoms. The van der Waals surface area contributed by atoms with Gasteiger partial charge in [0.05, 0.1) is 12.3 Å². The van der Waals surface area contributed by atoms with Gasteiger partial charge in [-0.05, 0) is 5.56 Å². The van der Waals surface area contributed by atoms with E-state index in [9.17, 15) is 4.79 Å². The summed E-state index contributed by atoms with van der Waals surface area (Å²) in [6.45, 7) is 1.57. The Balaban J connectivity index is 2.55. The minimum absolute atomic E-state index is 0.226. The summed E-state index contributed by atoms with van der Waals surface area (Å²) in [7, 11) is 0. The molecule has 15 heavy (non-hydrogen) atoms. The topological polar surface area (TPSA) is 58.9 Å². The van der Waals surface area contributed by atoms with Gasteiger partial charge in [0.15, 0.2) is 0 Å². The molecular formula is C11H13NO3. The van der Waals surface area contributed by atoms with Crippen molar-refractivity contribution >= 4 is 11.7 Å². The van der Waals surface area contributed by atoms with E-state index in [1.807, 2.05) is 30.3 Å². The Morgan fingerprint density at radius 3 is 2.60 bits per heavy atom. The third kappa shape index (κ3) is 3.81. The average Bonchev–Trinajstić information content (AvgIpc) is 2.25. The molecule has 80 valence electrons. The van der Waals surface area contributed by atoms with Crippen molar-refractivity contribution in [3.05, 3.63) is 35.9 Å². The summed E-state index contributed by atoms with van der Waals surface area (Å²) < 4.78 is 4.76. The first kappa shape index (κ1) is 11.2. The number of rotatable bonds is 4. The molecule has 0 radical (unpaired) electrons. The second kappa shape index (κ2) is 5.80. The fraction of sp³-hybridized carbons (Fsp3) is 0.273. The molecular weight excluding hydrogens is 194 g/mol. The molecule has 0 aromatic heterocycles. The zero-order valence-electron chi connectivity index (χ0n) is 8.51. The van der Waals surface area contributed by atoms with E-state index in [0.29, 0.717) is 12.1 Å². The Labute approximate surface area is 88.2 Å². The molecule has 0 aliphatic heterocycles. The fourth-order valence-corrected chi connectivity index (χ4v) is 1.17. The zero-order chi connectivity index (χ0) is 11.1. The van der Waals surface area contributed by atoms with Gasteiger partial charge >= 0.3 is 5.97 Å². The van der Waals surface area contributed by atoms with E-state index >= 15 is 0 Å². The number of carbonyl (C=O) groups is 1. The van der Waals surface area contributed by atoms with Crippen molar-refractivity contribution in [2.45, 2.75) is 13.3 Å². The van der Waals surface area contributed by atoms with Crippen LogP contribution < -0.4 is 0 Å². The molecule has 0 fully saturated rings. The lowest BCUT2D eigenvalue weighted by Crippen LogP contribution is -2.08. The van der Waals surface area contributed by atoms with Crippen LogP contribution in [0.4, 0.5) is 0 Å². The maximum absolute atomic E-state index is 10.5. The summed E-state index contributed by atoms with van der Waals surface area (Å²) in [5.41, 5.74) is 1.34. The summed E-state index contributed by atoms with van der Waals surface area (Å²) in [6, 6.07) is 9.26. The summed E-state index contributed by atoms with van der Waals surface area (Å²) in [5.74, 6) is -0.333. The predicted octanol–water partition coefficient (Wildman–Crippen LogP) is 1.82. The normalized spacial score (nSPS) is 11.1. The van der Waals surface area contributed by atoms with Crippen LogP contribution in [0.3, 0.4) is 0 Å². The Bertz CT molecular complexity index is 346. The van der Waals surface area contributed by atoms with E-state index in [1.54, 1.807) is 0 Å². The molecule has 0 spiro atoms. The van der Waals surface area contributed by atoms with Crippen molar-refractivity contribution in [1.82, 2.24) is 0 Å². The molecule has 0 saturated carbocycles. The van der Waals surface area contributed by atoms with Crippen LogP contribution >= 0.6 is 0 Å². The van der Waals surface area contributed by atoms with Crippen LogP contribution in [-0.4, -0.2) is 23.5 Å². The predicted molar refractivity (Wildman–Crippen MR) is 56.0 cm³/mol.